The molecule has 0 radical (unpaired) electrons. The molecule has 11 heavy (non-hydrogen) atoms. The van der Waals surface area contributed by atoms with Crippen molar-refractivity contribution in [2.75, 3.05) is 14.1 Å². The van der Waals surface area contributed by atoms with Gasteiger partial charge in [-0.15, -0.1) is 0 Å². The molecule has 64 valence electrons. The molecule has 0 N–H and O–H groups in total. The van der Waals surface area contributed by atoms with Crippen LogP contribution in [0.2, 0.25) is 0 Å². The lowest BCUT2D eigenvalue weighted by molar-refractivity contribution is -0.112. The Kier molecular flexibility index (Phi) is 3.46. The quantitative estimate of drug-likeness (QED) is 0.575. The molecule has 0 fully saturated rings. The van der Waals surface area contributed by atoms with E-state index in [1.165, 1.54) is 0 Å². The molecule has 2 heteroatoms. The smallest absolute Gasteiger partial charge is 0.152 e. The minimum atomic E-state index is -0.0360. The van der Waals surface area contributed by atoms with Gasteiger partial charge in [-0.05, 0) is 40.9 Å². The van der Waals surface area contributed by atoms with E-state index in [4.69, 9.17) is 0 Å². The molecule has 2 nitrogen and oxygen atoms in total. The van der Waals surface area contributed by atoms with Gasteiger partial charge < -0.3 is 4.90 Å². The Balaban J connectivity index is 4.23. The van der Waals surface area contributed by atoms with E-state index in [1.54, 1.807) is 13.0 Å². The van der Waals surface area contributed by atoms with Crippen molar-refractivity contribution in [1.29, 1.82) is 0 Å². The second-order valence-corrected chi connectivity index (χ2v) is 3.49. The van der Waals surface area contributed by atoms with Gasteiger partial charge in [0.25, 0.3) is 0 Å². The molecule has 0 aliphatic rings. The zero-order valence-electron chi connectivity index (χ0n) is 8.01. The summed E-state index contributed by atoms with van der Waals surface area (Å²) in [6.45, 7) is 5.68. The van der Waals surface area contributed by atoms with Gasteiger partial charge in [-0.3, -0.25) is 4.79 Å². The van der Waals surface area contributed by atoms with E-state index in [0.717, 1.165) is 0 Å². The minimum Gasteiger partial charge on any atom is -0.301 e. The largest absolute Gasteiger partial charge is 0.301 e. The molecule has 0 heterocycles. The Morgan fingerprint density at radius 1 is 1.36 bits per heavy atom. The lowest BCUT2D eigenvalue weighted by atomic mass is 10.0. The molecule has 0 aliphatic carbocycles. The third kappa shape index (κ3) is 3.94. The SMILES string of the molecule is CC(=O)/C=C/C(C)(C)N(C)C. The number of ketones is 1. The standard InChI is InChI=1S/C9H17NO/c1-8(11)6-7-9(2,3)10(4)5/h6-7H,1-5H3/b7-6+. The molecule has 0 rings (SSSR count). The van der Waals surface area contributed by atoms with E-state index < -0.39 is 0 Å². The van der Waals surface area contributed by atoms with Crippen LogP contribution in [0.4, 0.5) is 0 Å². The number of likely N-dealkylation sites (N-methyl/N-ethyl adjacent to an activating group) is 1. The Bertz CT molecular complexity index is 168. The second-order valence-electron chi connectivity index (χ2n) is 3.49. The maximum Gasteiger partial charge on any atom is 0.152 e. The van der Waals surface area contributed by atoms with E-state index in [2.05, 4.69) is 18.7 Å². The Hall–Kier alpha value is -0.630. The molecule has 0 aliphatic heterocycles. The first kappa shape index (κ1) is 10.4. The molecule has 0 aromatic rings. The van der Waals surface area contributed by atoms with Crippen molar-refractivity contribution in [2.24, 2.45) is 0 Å². The highest BCUT2D eigenvalue weighted by Gasteiger charge is 2.15. The van der Waals surface area contributed by atoms with E-state index in [9.17, 15) is 4.79 Å². The zero-order chi connectivity index (χ0) is 9.07. The van der Waals surface area contributed by atoms with Crippen molar-refractivity contribution >= 4 is 5.78 Å². The van der Waals surface area contributed by atoms with Crippen LogP contribution in [0.25, 0.3) is 0 Å². The van der Waals surface area contributed by atoms with Gasteiger partial charge in [-0.1, -0.05) is 6.08 Å². The van der Waals surface area contributed by atoms with Crippen molar-refractivity contribution in [1.82, 2.24) is 4.90 Å². The van der Waals surface area contributed by atoms with E-state index >= 15 is 0 Å². The maximum atomic E-state index is 10.6. The number of allylic oxidation sites excluding steroid dienone is 1. The van der Waals surface area contributed by atoms with Crippen LogP contribution in [0.3, 0.4) is 0 Å². The summed E-state index contributed by atoms with van der Waals surface area (Å²) in [6.07, 6.45) is 3.52. The van der Waals surface area contributed by atoms with Crippen molar-refractivity contribution in [2.45, 2.75) is 26.3 Å². The van der Waals surface area contributed by atoms with E-state index in [0.29, 0.717) is 0 Å². The summed E-state index contributed by atoms with van der Waals surface area (Å²) in [5.74, 6) is 0.0972. The van der Waals surface area contributed by atoms with Crippen LogP contribution in [-0.2, 0) is 4.79 Å². The highest BCUT2D eigenvalue weighted by atomic mass is 16.1. The summed E-state index contributed by atoms with van der Waals surface area (Å²) in [7, 11) is 3.98. The third-order valence-electron chi connectivity index (χ3n) is 1.88. The van der Waals surface area contributed by atoms with Crippen LogP contribution in [0.15, 0.2) is 12.2 Å². The van der Waals surface area contributed by atoms with Crippen molar-refractivity contribution in [3.63, 3.8) is 0 Å². The normalized spacial score (nSPS) is 12.9. The number of nitrogens with zero attached hydrogens (tertiary/aromatic N) is 1. The van der Waals surface area contributed by atoms with Crippen LogP contribution >= 0.6 is 0 Å². The lowest BCUT2D eigenvalue weighted by Gasteiger charge is -2.28. The van der Waals surface area contributed by atoms with Gasteiger partial charge in [0.05, 0.1) is 0 Å². The second kappa shape index (κ2) is 3.67. The fourth-order valence-corrected chi connectivity index (χ4v) is 0.470. The predicted octanol–water partition coefficient (Wildman–Crippen LogP) is 1.47. The van der Waals surface area contributed by atoms with Crippen molar-refractivity contribution in [3.05, 3.63) is 12.2 Å². The molecule has 0 atom stereocenters. The molecular weight excluding hydrogens is 138 g/mol. The molecule has 0 unspecified atom stereocenters. The summed E-state index contributed by atoms with van der Waals surface area (Å²) >= 11 is 0. The summed E-state index contributed by atoms with van der Waals surface area (Å²) in [5.41, 5.74) is -0.0360. The average Bonchev–Trinajstić information content (AvgIpc) is 1.84. The van der Waals surface area contributed by atoms with E-state index in [-0.39, 0.29) is 11.3 Å². The zero-order valence-corrected chi connectivity index (χ0v) is 8.01. The van der Waals surface area contributed by atoms with Gasteiger partial charge in [0.2, 0.25) is 0 Å². The molecule has 0 amide bonds. The number of rotatable bonds is 3. The highest BCUT2D eigenvalue weighted by molar-refractivity contribution is 5.87. The molecule has 0 saturated heterocycles. The number of hydrogen-bond donors (Lipinski definition) is 0. The van der Waals surface area contributed by atoms with Gasteiger partial charge in [-0.25, -0.2) is 0 Å². The number of hydrogen-bond acceptors (Lipinski definition) is 2. The van der Waals surface area contributed by atoms with Gasteiger partial charge >= 0.3 is 0 Å². The molecule has 0 saturated carbocycles. The van der Waals surface area contributed by atoms with Crippen molar-refractivity contribution < 1.29 is 4.79 Å². The summed E-state index contributed by atoms with van der Waals surface area (Å²) in [5, 5.41) is 0. The summed E-state index contributed by atoms with van der Waals surface area (Å²) in [6, 6.07) is 0. The first-order valence-electron chi connectivity index (χ1n) is 3.73. The fraction of sp³-hybridized carbons (Fsp3) is 0.667. The molecule has 0 spiro atoms. The fourth-order valence-electron chi connectivity index (χ4n) is 0.470. The lowest BCUT2D eigenvalue weighted by Crippen LogP contribution is -2.35. The van der Waals surface area contributed by atoms with Gasteiger partial charge in [-0.2, -0.15) is 0 Å². The van der Waals surface area contributed by atoms with Crippen LogP contribution < -0.4 is 0 Å². The topological polar surface area (TPSA) is 20.3 Å². The molecular formula is C9H17NO. The first-order chi connectivity index (χ1) is 4.86. The minimum absolute atomic E-state index is 0.0360. The summed E-state index contributed by atoms with van der Waals surface area (Å²) < 4.78 is 0. The summed E-state index contributed by atoms with van der Waals surface area (Å²) in [4.78, 5) is 12.7. The van der Waals surface area contributed by atoms with Gasteiger partial charge in [0, 0.05) is 5.54 Å². The van der Waals surface area contributed by atoms with Crippen LogP contribution in [0, 0.1) is 0 Å². The maximum absolute atomic E-state index is 10.6. The number of carbonyl (C=O) groups is 1. The molecule has 0 aromatic carbocycles. The van der Waals surface area contributed by atoms with Crippen LogP contribution in [0.1, 0.15) is 20.8 Å². The first-order valence-corrected chi connectivity index (χ1v) is 3.73. The number of carbonyl (C=O) groups excluding carboxylic acids is 1. The predicted molar refractivity (Wildman–Crippen MR) is 47.6 cm³/mol. The van der Waals surface area contributed by atoms with Crippen LogP contribution in [-0.4, -0.2) is 30.3 Å². The Morgan fingerprint density at radius 2 is 1.82 bits per heavy atom. The van der Waals surface area contributed by atoms with Gasteiger partial charge in [0.1, 0.15) is 0 Å². The third-order valence-corrected chi connectivity index (χ3v) is 1.88. The Morgan fingerprint density at radius 3 is 2.09 bits per heavy atom. The monoisotopic (exact) mass is 155 g/mol. The molecule has 0 bridgehead atoms. The van der Waals surface area contributed by atoms with Crippen LogP contribution in [0.5, 0.6) is 0 Å². The average molecular weight is 155 g/mol. The molecule has 0 aromatic heterocycles. The van der Waals surface area contributed by atoms with E-state index in [1.807, 2.05) is 20.2 Å². The highest BCUT2D eigenvalue weighted by Crippen LogP contribution is 2.10. The van der Waals surface area contributed by atoms with Crippen molar-refractivity contribution in [3.8, 4) is 0 Å². The van der Waals surface area contributed by atoms with Gasteiger partial charge in [0.15, 0.2) is 5.78 Å². The Labute approximate surface area is 68.9 Å².